The second-order valence-corrected chi connectivity index (χ2v) is 12.9. The zero-order chi connectivity index (χ0) is 31.5. The number of nitrogens with zero attached hydrogens (tertiary/aromatic N) is 4. The summed E-state index contributed by atoms with van der Waals surface area (Å²) in [5.41, 5.74) is 4.16. The number of piperidine rings is 1. The highest BCUT2D eigenvalue weighted by molar-refractivity contribution is 6.30. The molecule has 0 radical (unpaired) electrons. The lowest BCUT2D eigenvalue weighted by Gasteiger charge is -2.32. The van der Waals surface area contributed by atoms with E-state index in [9.17, 15) is 9.18 Å². The quantitative estimate of drug-likeness (QED) is 0.215. The molecule has 0 bridgehead atoms. The van der Waals surface area contributed by atoms with Crippen LogP contribution in [0.25, 0.3) is 11.0 Å². The second-order valence-electron chi connectivity index (χ2n) is 12.5. The Labute approximate surface area is 273 Å². The SMILES string of the molecule is O=C(Nc1ccc2c(c1)nc(CN1CCC(c3cccc(OCc4ccc(Cl)cc4F)n3)CC1)n2CC1CCO1)C1CCOCC1. The highest BCUT2D eigenvalue weighted by Gasteiger charge is 2.27. The zero-order valence-electron chi connectivity index (χ0n) is 25.8. The number of halogens is 2. The number of hydrogen-bond acceptors (Lipinski definition) is 7. The first-order chi connectivity index (χ1) is 22.5. The summed E-state index contributed by atoms with van der Waals surface area (Å²) in [5.74, 6) is 1.47. The maximum absolute atomic E-state index is 14.2. The number of hydrogen-bond donors (Lipinski definition) is 1. The Morgan fingerprint density at radius 2 is 1.83 bits per heavy atom. The molecule has 11 heteroatoms. The summed E-state index contributed by atoms with van der Waals surface area (Å²) in [5, 5.41) is 3.47. The van der Waals surface area contributed by atoms with E-state index in [1.165, 1.54) is 6.07 Å². The monoisotopic (exact) mass is 647 g/mol. The van der Waals surface area contributed by atoms with Gasteiger partial charge in [-0.05, 0) is 81.6 Å². The Morgan fingerprint density at radius 1 is 1.00 bits per heavy atom. The van der Waals surface area contributed by atoms with Gasteiger partial charge >= 0.3 is 0 Å². The molecule has 3 fully saturated rings. The van der Waals surface area contributed by atoms with Crippen LogP contribution in [0.2, 0.25) is 5.02 Å². The van der Waals surface area contributed by atoms with Crippen molar-refractivity contribution < 1.29 is 23.4 Å². The molecule has 0 spiro atoms. The smallest absolute Gasteiger partial charge is 0.227 e. The minimum atomic E-state index is -0.387. The zero-order valence-corrected chi connectivity index (χ0v) is 26.6. The number of ether oxygens (including phenoxy) is 3. The van der Waals surface area contributed by atoms with Gasteiger partial charge in [0.15, 0.2) is 0 Å². The van der Waals surface area contributed by atoms with Crippen molar-refractivity contribution in [2.45, 2.75) is 63.8 Å². The standard InChI is InChI=1S/C35H39ClFN5O4/c36-26-5-4-25(29(37)18-26)22-46-34-3-1-2-30(40-34)23-8-13-41(14-9-23)21-33-39-31-19-27(38-35(43)24-10-15-44-16-11-24)6-7-32(31)42(33)20-28-12-17-45-28/h1-7,18-19,23-24,28H,8-17,20-22H2,(H,38,43). The summed E-state index contributed by atoms with van der Waals surface area (Å²) in [6.45, 7) is 5.52. The van der Waals surface area contributed by atoms with Gasteiger partial charge in [0.2, 0.25) is 11.8 Å². The summed E-state index contributed by atoms with van der Waals surface area (Å²) in [4.78, 5) is 25.1. The van der Waals surface area contributed by atoms with Crippen LogP contribution in [0.5, 0.6) is 5.88 Å². The number of imidazole rings is 1. The number of pyridine rings is 1. The van der Waals surface area contributed by atoms with Gasteiger partial charge in [-0.3, -0.25) is 9.69 Å². The maximum Gasteiger partial charge on any atom is 0.227 e. The molecule has 1 atom stereocenters. The van der Waals surface area contributed by atoms with Crippen LogP contribution in [0.1, 0.15) is 55.1 Å². The molecule has 3 aliphatic heterocycles. The first-order valence-corrected chi connectivity index (χ1v) is 16.6. The van der Waals surface area contributed by atoms with Crippen molar-refractivity contribution in [2.24, 2.45) is 5.92 Å². The molecule has 1 amide bonds. The summed E-state index contributed by atoms with van der Waals surface area (Å²) in [6.07, 6.45) is 4.70. The van der Waals surface area contributed by atoms with Crippen LogP contribution >= 0.6 is 11.6 Å². The average Bonchev–Trinajstić information content (AvgIpc) is 3.38. The van der Waals surface area contributed by atoms with Crippen molar-refractivity contribution >= 4 is 34.2 Å². The van der Waals surface area contributed by atoms with E-state index in [2.05, 4.69) is 20.9 Å². The van der Waals surface area contributed by atoms with Crippen molar-refractivity contribution in [3.05, 3.63) is 82.5 Å². The number of anilines is 1. The Hall–Kier alpha value is -3.57. The van der Waals surface area contributed by atoms with E-state index in [-0.39, 0.29) is 30.4 Å². The third-order valence-electron chi connectivity index (χ3n) is 9.37. The predicted molar refractivity (Wildman–Crippen MR) is 173 cm³/mol. The first-order valence-electron chi connectivity index (χ1n) is 16.2. The highest BCUT2D eigenvalue weighted by atomic mass is 35.5. The fraction of sp³-hybridized carbons (Fsp3) is 0.457. The molecule has 4 aromatic rings. The number of amides is 1. The Balaban J connectivity index is 0.996. The fourth-order valence-corrected chi connectivity index (χ4v) is 6.69. The Morgan fingerprint density at radius 3 is 2.59 bits per heavy atom. The molecule has 46 heavy (non-hydrogen) atoms. The lowest BCUT2D eigenvalue weighted by Crippen LogP contribution is -2.35. The molecule has 7 rings (SSSR count). The average molecular weight is 648 g/mol. The van der Waals surface area contributed by atoms with Crippen LogP contribution in [-0.2, 0) is 34.0 Å². The Bertz CT molecular complexity index is 1680. The number of aromatic nitrogens is 3. The van der Waals surface area contributed by atoms with Crippen molar-refractivity contribution in [3.8, 4) is 5.88 Å². The number of carbonyl (C=O) groups is 1. The minimum absolute atomic E-state index is 0.0135. The van der Waals surface area contributed by atoms with E-state index in [1.807, 2.05) is 30.3 Å². The van der Waals surface area contributed by atoms with Gasteiger partial charge in [-0.1, -0.05) is 23.7 Å². The van der Waals surface area contributed by atoms with E-state index < -0.39 is 0 Å². The van der Waals surface area contributed by atoms with Gasteiger partial charge in [0, 0.05) is 59.7 Å². The Kier molecular flexibility index (Phi) is 9.48. The van der Waals surface area contributed by atoms with E-state index in [4.69, 9.17) is 35.8 Å². The summed E-state index contributed by atoms with van der Waals surface area (Å²) in [6, 6.07) is 16.4. The van der Waals surface area contributed by atoms with Crippen molar-refractivity contribution in [1.82, 2.24) is 19.4 Å². The second kappa shape index (κ2) is 14.0. The summed E-state index contributed by atoms with van der Waals surface area (Å²) in [7, 11) is 0. The van der Waals surface area contributed by atoms with E-state index in [1.54, 1.807) is 12.1 Å². The van der Waals surface area contributed by atoms with Crippen molar-refractivity contribution in [3.63, 3.8) is 0 Å². The van der Waals surface area contributed by atoms with Crippen molar-refractivity contribution in [1.29, 1.82) is 0 Å². The van der Waals surface area contributed by atoms with Crippen LogP contribution < -0.4 is 10.1 Å². The van der Waals surface area contributed by atoms with E-state index in [0.717, 1.165) is 93.1 Å². The molecular formula is C35H39ClFN5O4. The molecule has 0 aliphatic carbocycles. The largest absolute Gasteiger partial charge is 0.473 e. The third kappa shape index (κ3) is 7.20. The lowest BCUT2D eigenvalue weighted by atomic mass is 9.93. The molecule has 2 aromatic carbocycles. The molecule has 0 saturated carbocycles. The van der Waals surface area contributed by atoms with Gasteiger partial charge in [0.1, 0.15) is 18.2 Å². The molecule has 3 aliphatic rings. The number of rotatable bonds is 10. The van der Waals surface area contributed by atoms with Crippen LogP contribution in [-0.4, -0.2) is 64.4 Å². The highest BCUT2D eigenvalue weighted by Crippen LogP contribution is 2.30. The molecule has 3 saturated heterocycles. The van der Waals surface area contributed by atoms with Gasteiger partial charge in [0.25, 0.3) is 0 Å². The number of carbonyl (C=O) groups excluding carboxylic acids is 1. The first kappa shape index (κ1) is 31.1. The number of nitrogens with one attached hydrogen (secondary N) is 1. The summed E-state index contributed by atoms with van der Waals surface area (Å²) >= 11 is 5.87. The molecular weight excluding hydrogens is 609 g/mol. The molecule has 1 N–H and O–H groups in total. The lowest BCUT2D eigenvalue weighted by molar-refractivity contribution is -0.122. The molecule has 5 heterocycles. The van der Waals surface area contributed by atoms with E-state index in [0.29, 0.717) is 35.6 Å². The van der Waals surface area contributed by atoms with Crippen LogP contribution in [0.4, 0.5) is 10.1 Å². The molecule has 1 unspecified atom stereocenters. The fourth-order valence-electron chi connectivity index (χ4n) is 6.53. The third-order valence-corrected chi connectivity index (χ3v) is 9.61. The van der Waals surface area contributed by atoms with Gasteiger partial charge in [0.05, 0.1) is 30.2 Å². The van der Waals surface area contributed by atoms with Crippen LogP contribution in [0.3, 0.4) is 0 Å². The van der Waals surface area contributed by atoms with Crippen LogP contribution in [0, 0.1) is 11.7 Å². The van der Waals surface area contributed by atoms with Gasteiger partial charge < -0.3 is 24.1 Å². The van der Waals surface area contributed by atoms with Crippen LogP contribution in [0.15, 0.2) is 54.6 Å². The number of fused-ring (bicyclic) bond motifs is 1. The normalized spacial score (nSPS) is 19.7. The van der Waals surface area contributed by atoms with Crippen molar-refractivity contribution in [2.75, 3.05) is 38.2 Å². The molecule has 9 nitrogen and oxygen atoms in total. The maximum atomic E-state index is 14.2. The van der Waals surface area contributed by atoms with Gasteiger partial charge in [-0.25, -0.2) is 14.4 Å². The number of benzene rings is 2. The molecule has 242 valence electrons. The van der Waals surface area contributed by atoms with E-state index >= 15 is 0 Å². The van der Waals surface area contributed by atoms with Gasteiger partial charge in [-0.15, -0.1) is 0 Å². The minimum Gasteiger partial charge on any atom is -0.473 e. The summed E-state index contributed by atoms with van der Waals surface area (Å²) < 4.78 is 33.5. The number of likely N-dealkylation sites (tertiary alicyclic amines) is 1. The molecule has 2 aromatic heterocycles. The predicted octanol–water partition coefficient (Wildman–Crippen LogP) is 6.34. The topological polar surface area (TPSA) is 90.7 Å². The van der Waals surface area contributed by atoms with Gasteiger partial charge in [-0.2, -0.15) is 0 Å².